The molecule has 1 amide bonds. The van der Waals surface area contributed by atoms with Crippen molar-refractivity contribution in [1.82, 2.24) is 5.32 Å². The highest BCUT2D eigenvalue weighted by molar-refractivity contribution is 5.84. The number of hydrogen-bond donors (Lipinski definition) is 4. The molecule has 21 heavy (non-hydrogen) atoms. The molecule has 0 aliphatic carbocycles. The van der Waals surface area contributed by atoms with Crippen LogP contribution in [-0.2, 0) is 29.0 Å². The van der Waals surface area contributed by atoms with Gasteiger partial charge in [-0.05, 0) is 12.8 Å². The summed E-state index contributed by atoms with van der Waals surface area (Å²) in [4.78, 5) is 37.9. The Kier molecular flexibility index (Phi) is 9.21. The Labute approximate surface area is 121 Å². The lowest BCUT2D eigenvalue weighted by atomic mass is 10.1. The van der Waals surface area contributed by atoms with E-state index >= 15 is 0 Å². The molecule has 10 heteroatoms. The Bertz CT molecular complexity index is 362. The fourth-order valence-electron chi connectivity index (χ4n) is 1.33. The molecule has 3 atom stereocenters. The minimum atomic E-state index is -1.20. The molecule has 0 rings (SSSR count). The molecule has 122 valence electrons. The number of rotatable bonds is 10. The van der Waals surface area contributed by atoms with Gasteiger partial charge in [0.25, 0.3) is 0 Å². The van der Waals surface area contributed by atoms with Crippen LogP contribution in [0.2, 0.25) is 0 Å². The van der Waals surface area contributed by atoms with Crippen LogP contribution in [0.4, 0.5) is 0 Å². The quantitative estimate of drug-likeness (QED) is 0.179. The minimum absolute atomic E-state index is 0.0511. The van der Waals surface area contributed by atoms with Crippen LogP contribution in [0.25, 0.3) is 0 Å². The zero-order valence-corrected chi connectivity index (χ0v) is 11.8. The molecule has 0 spiro atoms. The van der Waals surface area contributed by atoms with Crippen LogP contribution in [-0.4, -0.2) is 46.6 Å². The van der Waals surface area contributed by atoms with E-state index in [1.165, 1.54) is 6.92 Å². The van der Waals surface area contributed by atoms with E-state index in [9.17, 15) is 14.4 Å². The molecular formula is C11H20N2O8. The summed E-state index contributed by atoms with van der Waals surface area (Å²) in [6.45, 7) is 2.94. The van der Waals surface area contributed by atoms with Gasteiger partial charge >= 0.3 is 11.9 Å². The summed E-state index contributed by atoms with van der Waals surface area (Å²) < 4.78 is 4.73. The standard InChI is InChI=1S/C11H20N2O8/c1-3-8(11(17)19-6(2)20-21-18)13-9(14)5-4-7(12)10(15)16/h6-8,18H,3-5,12H2,1-2H3,(H,13,14)(H,15,16)/t6-,7+,8+/m1/s1. The highest BCUT2D eigenvalue weighted by Crippen LogP contribution is 2.02. The van der Waals surface area contributed by atoms with Crippen LogP contribution in [0.1, 0.15) is 33.1 Å². The van der Waals surface area contributed by atoms with Crippen LogP contribution < -0.4 is 11.1 Å². The van der Waals surface area contributed by atoms with E-state index in [1.807, 2.05) is 0 Å². The number of carboxylic acids is 1. The van der Waals surface area contributed by atoms with Crippen LogP contribution in [0, 0.1) is 0 Å². The maximum Gasteiger partial charge on any atom is 0.331 e. The molecule has 0 aromatic heterocycles. The first-order chi connectivity index (χ1) is 9.81. The number of aliphatic carboxylic acids is 1. The molecule has 0 aromatic rings. The van der Waals surface area contributed by atoms with Crippen molar-refractivity contribution in [3.63, 3.8) is 0 Å². The molecule has 10 nitrogen and oxygen atoms in total. The highest BCUT2D eigenvalue weighted by atomic mass is 17.5. The molecular weight excluding hydrogens is 288 g/mol. The molecule has 0 bridgehead atoms. The van der Waals surface area contributed by atoms with E-state index in [-0.39, 0.29) is 19.3 Å². The van der Waals surface area contributed by atoms with Gasteiger partial charge in [-0.15, -0.1) is 0 Å². The number of carbonyl (C=O) groups excluding carboxylic acids is 2. The van der Waals surface area contributed by atoms with Gasteiger partial charge in [-0.2, -0.15) is 4.89 Å². The SMILES string of the molecule is CC[C@H](NC(=O)CC[C@H](N)C(=O)O)C(=O)O[C@@H](C)OOO. The van der Waals surface area contributed by atoms with Gasteiger partial charge in [-0.1, -0.05) is 12.0 Å². The zero-order valence-electron chi connectivity index (χ0n) is 11.8. The van der Waals surface area contributed by atoms with Gasteiger partial charge < -0.3 is 20.9 Å². The number of ether oxygens (including phenoxy) is 1. The third-order valence-corrected chi connectivity index (χ3v) is 2.49. The van der Waals surface area contributed by atoms with E-state index in [1.54, 1.807) is 6.92 Å². The van der Waals surface area contributed by atoms with Crippen molar-refractivity contribution in [2.45, 2.75) is 51.5 Å². The number of carbonyl (C=O) groups is 3. The molecule has 0 heterocycles. The first kappa shape index (κ1) is 19.2. The molecule has 0 aromatic carbocycles. The summed E-state index contributed by atoms with van der Waals surface area (Å²) in [6.07, 6.45) is -1.09. The van der Waals surface area contributed by atoms with Gasteiger partial charge in [-0.25, -0.2) is 10.1 Å². The third-order valence-electron chi connectivity index (χ3n) is 2.49. The van der Waals surface area contributed by atoms with Gasteiger partial charge in [-0.3, -0.25) is 9.59 Å². The van der Waals surface area contributed by atoms with E-state index in [4.69, 9.17) is 20.8 Å². The maximum atomic E-state index is 11.7. The fraction of sp³-hybridized carbons (Fsp3) is 0.727. The molecule has 0 radical (unpaired) electrons. The lowest BCUT2D eigenvalue weighted by Gasteiger charge is -2.18. The summed E-state index contributed by atoms with van der Waals surface area (Å²) in [6, 6.07) is -2.07. The van der Waals surface area contributed by atoms with E-state index < -0.39 is 36.2 Å². The van der Waals surface area contributed by atoms with E-state index in [0.29, 0.717) is 0 Å². The van der Waals surface area contributed by atoms with Crippen LogP contribution in [0.15, 0.2) is 0 Å². The van der Waals surface area contributed by atoms with Crippen LogP contribution in [0.5, 0.6) is 0 Å². The number of carboxylic acid groups (broad SMARTS) is 1. The first-order valence-corrected chi connectivity index (χ1v) is 6.26. The van der Waals surface area contributed by atoms with Gasteiger partial charge in [0.2, 0.25) is 12.2 Å². The maximum absolute atomic E-state index is 11.7. The molecule has 0 saturated heterocycles. The lowest BCUT2D eigenvalue weighted by molar-refractivity contribution is -0.523. The van der Waals surface area contributed by atoms with Gasteiger partial charge in [0, 0.05) is 13.3 Å². The van der Waals surface area contributed by atoms with Crippen molar-refractivity contribution in [2.75, 3.05) is 0 Å². The highest BCUT2D eigenvalue weighted by Gasteiger charge is 2.23. The zero-order chi connectivity index (χ0) is 16.4. The van der Waals surface area contributed by atoms with Gasteiger partial charge in [0.15, 0.2) is 0 Å². The van der Waals surface area contributed by atoms with Crippen LogP contribution >= 0.6 is 0 Å². The molecule has 0 aliphatic rings. The fourth-order valence-corrected chi connectivity index (χ4v) is 1.33. The van der Waals surface area contributed by atoms with Gasteiger partial charge in [0.05, 0.1) is 0 Å². The average molecular weight is 308 g/mol. The first-order valence-electron chi connectivity index (χ1n) is 6.26. The lowest BCUT2D eigenvalue weighted by Crippen LogP contribution is -2.43. The van der Waals surface area contributed by atoms with Crippen molar-refractivity contribution >= 4 is 17.8 Å². The van der Waals surface area contributed by atoms with Crippen molar-refractivity contribution in [1.29, 1.82) is 0 Å². The topological polar surface area (TPSA) is 157 Å². The number of amides is 1. The number of nitrogens with one attached hydrogen (secondary N) is 1. The second-order valence-corrected chi connectivity index (χ2v) is 4.19. The largest absolute Gasteiger partial charge is 0.480 e. The Morgan fingerprint density at radius 1 is 1.33 bits per heavy atom. The van der Waals surface area contributed by atoms with E-state index in [2.05, 4.69) is 15.2 Å². The Balaban J connectivity index is 4.26. The number of nitrogens with two attached hydrogens (primary N) is 1. The molecule has 0 unspecified atom stereocenters. The minimum Gasteiger partial charge on any atom is -0.480 e. The number of hydrogen-bond acceptors (Lipinski definition) is 8. The Morgan fingerprint density at radius 3 is 2.43 bits per heavy atom. The van der Waals surface area contributed by atoms with E-state index in [0.717, 1.165) is 0 Å². The average Bonchev–Trinajstić information content (AvgIpc) is 2.41. The summed E-state index contributed by atoms with van der Waals surface area (Å²) in [5.41, 5.74) is 5.26. The summed E-state index contributed by atoms with van der Waals surface area (Å²) in [5, 5.41) is 22.3. The molecule has 5 N–H and O–H groups in total. The van der Waals surface area contributed by atoms with Crippen molar-refractivity contribution in [3.8, 4) is 0 Å². The Morgan fingerprint density at radius 2 is 1.95 bits per heavy atom. The third kappa shape index (κ3) is 8.19. The normalized spacial score (nSPS) is 14.9. The molecule has 0 saturated carbocycles. The molecule has 0 aliphatic heterocycles. The predicted molar refractivity (Wildman–Crippen MR) is 67.4 cm³/mol. The predicted octanol–water partition coefficient (Wildman–Crippen LogP) is -0.616. The monoisotopic (exact) mass is 308 g/mol. The summed E-state index contributed by atoms with van der Waals surface area (Å²) in [7, 11) is 0. The second kappa shape index (κ2) is 10.0. The van der Waals surface area contributed by atoms with Crippen molar-refractivity contribution in [3.05, 3.63) is 0 Å². The summed E-state index contributed by atoms with van der Waals surface area (Å²) >= 11 is 0. The number of esters is 1. The van der Waals surface area contributed by atoms with Crippen LogP contribution in [0.3, 0.4) is 0 Å². The Hall–Kier alpha value is -1.75. The van der Waals surface area contributed by atoms with Gasteiger partial charge in [0.1, 0.15) is 12.1 Å². The van der Waals surface area contributed by atoms with Crippen molar-refractivity contribution < 1.29 is 39.4 Å². The summed E-state index contributed by atoms with van der Waals surface area (Å²) in [5.74, 6) is -2.51. The molecule has 0 fully saturated rings. The van der Waals surface area contributed by atoms with Crippen molar-refractivity contribution in [2.24, 2.45) is 5.73 Å². The smallest absolute Gasteiger partial charge is 0.331 e. The second-order valence-electron chi connectivity index (χ2n) is 4.19.